The van der Waals surface area contributed by atoms with Crippen LogP contribution in [0.15, 0.2) is 51.5 Å². The Morgan fingerprint density at radius 3 is 2.67 bits per heavy atom. The minimum atomic E-state index is -0.585. The fraction of sp³-hybridized carbons (Fsp3) is 0.105. The molecule has 2 N–H and O–H groups in total. The van der Waals surface area contributed by atoms with Crippen molar-refractivity contribution in [2.45, 2.75) is 0 Å². The van der Waals surface area contributed by atoms with E-state index in [1.54, 1.807) is 25.3 Å². The number of nitrogens with zero attached hydrogens (tertiary/aromatic N) is 3. The van der Waals surface area contributed by atoms with Gasteiger partial charge in [0.15, 0.2) is 5.17 Å². The Hall–Kier alpha value is -3.86. The summed E-state index contributed by atoms with van der Waals surface area (Å²) >= 11 is 0.992. The smallest absolute Gasteiger partial charge is 0.270 e. The van der Waals surface area contributed by atoms with E-state index in [-0.39, 0.29) is 27.1 Å². The number of amidine groups is 1. The summed E-state index contributed by atoms with van der Waals surface area (Å²) < 4.78 is 10.4. The first kappa shape index (κ1) is 20.9. The first-order valence-corrected chi connectivity index (χ1v) is 9.24. The van der Waals surface area contributed by atoms with Crippen LogP contribution in [0.5, 0.6) is 17.2 Å². The SMILES string of the molecule is COc1ccc(/C=N/N=C2\NC(=O)/C(=C\c3cc([N+](=O)[O-])ccc3O)S2)c(OC)c1. The van der Waals surface area contributed by atoms with Gasteiger partial charge in [0.1, 0.15) is 17.2 Å². The molecule has 11 heteroatoms. The maximum absolute atomic E-state index is 12.1. The fourth-order valence-electron chi connectivity index (χ4n) is 2.46. The molecular weight excluding hydrogens is 412 g/mol. The predicted molar refractivity (Wildman–Crippen MR) is 113 cm³/mol. The van der Waals surface area contributed by atoms with E-state index in [2.05, 4.69) is 15.5 Å². The lowest BCUT2D eigenvalue weighted by molar-refractivity contribution is -0.384. The van der Waals surface area contributed by atoms with Gasteiger partial charge in [-0.25, -0.2) is 0 Å². The third-order valence-corrected chi connectivity index (χ3v) is 4.85. The van der Waals surface area contributed by atoms with Crippen molar-refractivity contribution in [3.8, 4) is 17.2 Å². The van der Waals surface area contributed by atoms with Gasteiger partial charge in [-0.1, -0.05) is 0 Å². The molecule has 2 aromatic rings. The zero-order valence-electron chi connectivity index (χ0n) is 15.9. The summed E-state index contributed by atoms with van der Waals surface area (Å²) in [5.41, 5.74) is 0.610. The summed E-state index contributed by atoms with van der Waals surface area (Å²) in [6.45, 7) is 0. The van der Waals surface area contributed by atoms with Crippen LogP contribution in [-0.4, -0.2) is 41.5 Å². The summed E-state index contributed by atoms with van der Waals surface area (Å²) in [5.74, 6) is 0.537. The molecule has 3 rings (SSSR count). The van der Waals surface area contributed by atoms with Crippen LogP contribution in [0, 0.1) is 10.1 Å². The predicted octanol–water partition coefficient (Wildman–Crippen LogP) is 2.91. The van der Waals surface area contributed by atoms with Gasteiger partial charge in [-0.05, 0) is 36.0 Å². The summed E-state index contributed by atoms with van der Waals surface area (Å²) in [5, 5.41) is 31.5. The topological polar surface area (TPSA) is 136 Å². The van der Waals surface area contributed by atoms with Gasteiger partial charge < -0.3 is 14.6 Å². The monoisotopic (exact) mass is 428 g/mol. The van der Waals surface area contributed by atoms with Crippen molar-refractivity contribution < 1.29 is 24.3 Å². The molecule has 0 radical (unpaired) electrons. The Morgan fingerprint density at radius 2 is 1.97 bits per heavy atom. The van der Waals surface area contributed by atoms with Crippen molar-refractivity contribution in [1.29, 1.82) is 0 Å². The van der Waals surface area contributed by atoms with Crippen LogP contribution in [-0.2, 0) is 4.79 Å². The van der Waals surface area contributed by atoms with E-state index in [4.69, 9.17) is 9.47 Å². The van der Waals surface area contributed by atoms with E-state index in [1.807, 2.05) is 0 Å². The highest BCUT2D eigenvalue weighted by molar-refractivity contribution is 8.18. The Bertz CT molecular complexity index is 1100. The van der Waals surface area contributed by atoms with Crippen molar-refractivity contribution in [3.63, 3.8) is 0 Å². The fourth-order valence-corrected chi connectivity index (χ4v) is 3.23. The average molecular weight is 428 g/mol. The normalized spacial score (nSPS) is 16.3. The van der Waals surface area contributed by atoms with Crippen molar-refractivity contribution in [2.24, 2.45) is 10.2 Å². The van der Waals surface area contributed by atoms with Gasteiger partial charge >= 0.3 is 0 Å². The van der Waals surface area contributed by atoms with Gasteiger partial charge in [-0.2, -0.15) is 5.10 Å². The van der Waals surface area contributed by atoms with E-state index in [1.165, 1.54) is 37.6 Å². The number of nitrogens with one attached hydrogen (secondary N) is 1. The van der Waals surface area contributed by atoms with Crippen molar-refractivity contribution in [1.82, 2.24) is 5.32 Å². The lowest BCUT2D eigenvalue weighted by atomic mass is 10.1. The lowest BCUT2D eigenvalue weighted by Gasteiger charge is -2.06. The van der Waals surface area contributed by atoms with E-state index in [0.29, 0.717) is 17.1 Å². The van der Waals surface area contributed by atoms with Crippen molar-refractivity contribution >= 4 is 40.8 Å². The highest BCUT2D eigenvalue weighted by atomic mass is 32.2. The van der Waals surface area contributed by atoms with Gasteiger partial charge in [0.2, 0.25) is 0 Å². The molecule has 1 aliphatic rings. The highest BCUT2D eigenvalue weighted by Crippen LogP contribution is 2.31. The van der Waals surface area contributed by atoms with Crippen molar-refractivity contribution in [2.75, 3.05) is 14.2 Å². The Kier molecular flexibility index (Phi) is 6.32. The quantitative estimate of drug-likeness (QED) is 0.312. The van der Waals surface area contributed by atoms with Crippen LogP contribution in [0.3, 0.4) is 0 Å². The van der Waals surface area contributed by atoms with Crippen LogP contribution in [0.2, 0.25) is 0 Å². The molecule has 0 aromatic heterocycles. The van der Waals surface area contributed by atoms with Gasteiger partial charge in [0.05, 0.1) is 30.3 Å². The number of hydrogen-bond acceptors (Lipinski definition) is 9. The largest absolute Gasteiger partial charge is 0.507 e. The maximum atomic E-state index is 12.1. The molecule has 1 aliphatic heterocycles. The summed E-state index contributed by atoms with van der Waals surface area (Å²) in [6.07, 6.45) is 2.81. The first-order valence-electron chi connectivity index (χ1n) is 8.42. The standard InChI is InChI=1S/C19H16N4O6S/c1-28-14-5-3-11(16(9-14)29-2)10-20-22-19-21-18(25)17(30-19)8-12-7-13(23(26)27)4-6-15(12)24/h3-10,24H,1-2H3,(H,21,22,25)/b17-8+,20-10+. The number of aromatic hydroxyl groups is 1. The average Bonchev–Trinajstić information content (AvgIpc) is 3.08. The Labute approximate surface area is 175 Å². The summed E-state index contributed by atoms with van der Waals surface area (Å²) in [7, 11) is 3.07. The van der Waals surface area contributed by atoms with Crippen LogP contribution in [0.1, 0.15) is 11.1 Å². The molecule has 30 heavy (non-hydrogen) atoms. The number of thioether (sulfide) groups is 1. The zero-order chi connectivity index (χ0) is 21.7. The molecule has 0 unspecified atom stereocenters. The number of nitro benzene ring substituents is 1. The number of non-ortho nitro benzene ring substituents is 1. The third-order valence-electron chi connectivity index (χ3n) is 3.95. The number of carbonyl (C=O) groups excluding carboxylic acids is 1. The molecule has 1 fully saturated rings. The number of phenolic OH excluding ortho intramolecular Hbond substituents is 1. The van der Waals surface area contributed by atoms with Gasteiger partial charge in [0.25, 0.3) is 11.6 Å². The summed E-state index contributed by atoms with van der Waals surface area (Å²) in [6, 6.07) is 8.75. The number of ether oxygens (including phenoxy) is 2. The van der Waals surface area contributed by atoms with E-state index in [9.17, 15) is 20.0 Å². The number of phenols is 1. The van der Waals surface area contributed by atoms with Crippen LogP contribution in [0.25, 0.3) is 6.08 Å². The summed E-state index contributed by atoms with van der Waals surface area (Å²) in [4.78, 5) is 22.7. The Balaban J connectivity index is 1.78. The number of nitro groups is 1. The maximum Gasteiger partial charge on any atom is 0.270 e. The molecule has 0 spiro atoms. The van der Waals surface area contributed by atoms with Crippen LogP contribution >= 0.6 is 11.8 Å². The minimum Gasteiger partial charge on any atom is -0.507 e. The minimum absolute atomic E-state index is 0.148. The van der Waals surface area contributed by atoms with Gasteiger partial charge in [-0.3, -0.25) is 20.2 Å². The molecular formula is C19H16N4O6S. The molecule has 0 atom stereocenters. The zero-order valence-corrected chi connectivity index (χ0v) is 16.7. The number of hydrogen-bond donors (Lipinski definition) is 2. The highest BCUT2D eigenvalue weighted by Gasteiger charge is 2.24. The molecule has 1 amide bonds. The molecule has 1 heterocycles. The number of amides is 1. The number of rotatable bonds is 6. The molecule has 1 saturated heterocycles. The number of carbonyl (C=O) groups is 1. The molecule has 0 saturated carbocycles. The first-order chi connectivity index (χ1) is 14.4. The van der Waals surface area contributed by atoms with E-state index < -0.39 is 10.8 Å². The van der Waals surface area contributed by atoms with Gasteiger partial charge in [0, 0.05) is 29.3 Å². The number of methoxy groups -OCH3 is 2. The molecule has 0 aliphatic carbocycles. The van der Waals surface area contributed by atoms with E-state index in [0.717, 1.165) is 11.8 Å². The molecule has 10 nitrogen and oxygen atoms in total. The Morgan fingerprint density at radius 1 is 1.17 bits per heavy atom. The third kappa shape index (κ3) is 4.75. The van der Waals surface area contributed by atoms with Crippen molar-refractivity contribution in [3.05, 3.63) is 62.5 Å². The number of benzene rings is 2. The molecule has 0 bridgehead atoms. The second kappa shape index (κ2) is 9.09. The molecule has 2 aromatic carbocycles. The second-order valence-electron chi connectivity index (χ2n) is 5.82. The second-order valence-corrected chi connectivity index (χ2v) is 6.85. The van der Waals surface area contributed by atoms with E-state index >= 15 is 0 Å². The molecule has 154 valence electrons. The lowest BCUT2D eigenvalue weighted by Crippen LogP contribution is -2.19. The van der Waals surface area contributed by atoms with Crippen LogP contribution < -0.4 is 14.8 Å². The van der Waals surface area contributed by atoms with Crippen LogP contribution in [0.4, 0.5) is 5.69 Å². The van der Waals surface area contributed by atoms with Gasteiger partial charge in [-0.15, -0.1) is 5.10 Å².